The van der Waals surface area contributed by atoms with Crippen molar-refractivity contribution in [3.63, 3.8) is 0 Å². The molecule has 24 heavy (non-hydrogen) atoms. The summed E-state index contributed by atoms with van der Waals surface area (Å²) in [7, 11) is 0. The highest BCUT2D eigenvalue weighted by atomic mass is 16.5. The molecule has 0 N–H and O–H groups in total. The Balaban J connectivity index is 1.70. The third-order valence-electron chi connectivity index (χ3n) is 5.06. The maximum Gasteiger partial charge on any atom is 0.255 e. The molecule has 1 amide bonds. The van der Waals surface area contributed by atoms with Crippen LogP contribution < -0.4 is 0 Å². The number of carbonyl (C=O) groups is 1. The van der Waals surface area contributed by atoms with Gasteiger partial charge in [-0.1, -0.05) is 18.2 Å². The molecule has 5 heteroatoms. The number of pyridine rings is 1. The summed E-state index contributed by atoms with van der Waals surface area (Å²) in [5.41, 5.74) is 1.56. The molecule has 5 nitrogen and oxygen atoms in total. The lowest BCUT2D eigenvalue weighted by atomic mass is 10.1. The number of hydrogen-bond acceptors (Lipinski definition) is 4. The van der Waals surface area contributed by atoms with E-state index in [4.69, 9.17) is 9.47 Å². The van der Waals surface area contributed by atoms with Gasteiger partial charge in [-0.2, -0.15) is 0 Å². The molecule has 3 atom stereocenters. The zero-order chi connectivity index (χ0) is 16.5. The lowest BCUT2D eigenvalue weighted by molar-refractivity contribution is -0.0484. The Hall–Kier alpha value is -1.98. The molecule has 1 aromatic carbocycles. The summed E-state index contributed by atoms with van der Waals surface area (Å²) < 4.78 is 11.9. The Bertz CT molecular complexity index is 743. The molecule has 1 saturated carbocycles. The molecule has 0 unspecified atom stereocenters. The summed E-state index contributed by atoms with van der Waals surface area (Å²) >= 11 is 0. The number of aromatic nitrogens is 1. The van der Waals surface area contributed by atoms with Crippen molar-refractivity contribution in [3.05, 3.63) is 42.1 Å². The molecule has 2 fully saturated rings. The minimum absolute atomic E-state index is 0.0189. The maximum atomic E-state index is 13.3. The summed E-state index contributed by atoms with van der Waals surface area (Å²) in [6.07, 6.45) is 3.69. The van der Waals surface area contributed by atoms with E-state index in [9.17, 15) is 4.79 Å². The van der Waals surface area contributed by atoms with Crippen LogP contribution in [0.25, 0.3) is 10.9 Å². The molecular weight excluding hydrogens is 304 g/mol. The van der Waals surface area contributed by atoms with Crippen molar-refractivity contribution < 1.29 is 14.3 Å². The molecule has 2 heterocycles. The first kappa shape index (κ1) is 15.5. The van der Waals surface area contributed by atoms with Crippen LogP contribution in [0.4, 0.5) is 0 Å². The zero-order valence-electron chi connectivity index (χ0n) is 13.9. The highest BCUT2D eigenvalue weighted by molar-refractivity contribution is 6.06. The van der Waals surface area contributed by atoms with Gasteiger partial charge in [0.2, 0.25) is 0 Å². The van der Waals surface area contributed by atoms with Crippen LogP contribution in [0.15, 0.2) is 36.5 Å². The van der Waals surface area contributed by atoms with E-state index in [1.807, 2.05) is 42.2 Å². The molecule has 1 aliphatic carbocycles. The van der Waals surface area contributed by atoms with Crippen molar-refractivity contribution in [2.75, 3.05) is 19.8 Å². The highest BCUT2D eigenvalue weighted by Gasteiger charge is 2.44. The Morgan fingerprint density at radius 1 is 1.33 bits per heavy atom. The first-order valence-electron chi connectivity index (χ1n) is 8.67. The number of ether oxygens (including phenoxy) is 2. The average molecular weight is 326 g/mol. The highest BCUT2D eigenvalue weighted by Crippen LogP contribution is 2.33. The first-order valence-corrected chi connectivity index (χ1v) is 8.67. The van der Waals surface area contributed by atoms with Crippen molar-refractivity contribution in [2.24, 2.45) is 0 Å². The van der Waals surface area contributed by atoms with Gasteiger partial charge >= 0.3 is 0 Å². The van der Waals surface area contributed by atoms with Crippen LogP contribution in [-0.4, -0.2) is 53.8 Å². The van der Waals surface area contributed by atoms with E-state index in [1.54, 1.807) is 6.20 Å². The van der Waals surface area contributed by atoms with Gasteiger partial charge in [-0.25, -0.2) is 0 Å². The maximum absolute atomic E-state index is 13.3. The summed E-state index contributed by atoms with van der Waals surface area (Å²) in [5, 5.41) is 0.901. The third-order valence-corrected chi connectivity index (χ3v) is 5.06. The summed E-state index contributed by atoms with van der Waals surface area (Å²) in [5.74, 6) is 0.0504. The van der Waals surface area contributed by atoms with E-state index < -0.39 is 0 Å². The predicted molar refractivity (Wildman–Crippen MR) is 91.0 cm³/mol. The van der Waals surface area contributed by atoms with E-state index in [1.165, 1.54) is 0 Å². The smallest absolute Gasteiger partial charge is 0.255 e. The summed E-state index contributed by atoms with van der Waals surface area (Å²) in [6, 6.07) is 9.69. The van der Waals surface area contributed by atoms with Gasteiger partial charge in [-0.05, 0) is 31.9 Å². The van der Waals surface area contributed by atoms with Gasteiger partial charge < -0.3 is 14.4 Å². The number of nitrogens with zero attached hydrogens (tertiary/aromatic N) is 2. The van der Waals surface area contributed by atoms with E-state index >= 15 is 0 Å². The molecule has 1 saturated heterocycles. The van der Waals surface area contributed by atoms with Crippen molar-refractivity contribution >= 4 is 16.8 Å². The number of hydrogen-bond donors (Lipinski definition) is 0. The van der Waals surface area contributed by atoms with Gasteiger partial charge in [-0.3, -0.25) is 9.78 Å². The van der Waals surface area contributed by atoms with Gasteiger partial charge in [0.25, 0.3) is 5.91 Å². The lowest BCUT2D eigenvalue weighted by Crippen LogP contribution is -2.46. The fourth-order valence-corrected chi connectivity index (χ4v) is 3.99. The third kappa shape index (κ3) is 2.58. The molecule has 2 aliphatic rings. The van der Waals surface area contributed by atoms with Gasteiger partial charge in [0, 0.05) is 24.7 Å². The molecule has 1 aromatic heterocycles. The lowest BCUT2D eigenvalue weighted by Gasteiger charge is -2.31. The fraction of sp³-hybridized carbons (Fsp3) is 0.474. The number of amides is 1. The molecule has 126 valence electrons. The average Bonchev–Trinajstić information content (AvgIpc) is 2.90. The molecule has 4 rings (SSSR count). The molecule has 2 bridgehead atoms. The van der Waals surface area contributed by atoms with Crippen LogP contribution in [0.5, 0.6) is 0 Å². The standard InChI is InChI=1S/C19H22N2O3/c1-2-23-18-16-7-8-17(18)24-12-11-21(16)19(22)14-9-10-20-15-6-4-3-5-13(14)15/h3-6,9-10,16-18H,2,7-8,11-12H2,1H3/t16-,17-,18+/m1/s1. The van der Waals surface area contributed by atoms with Crippen molar-refractivity contribution in [1.29, 1.82) is 0 Å². The van der Waals surface area contributed by atoms with Crippen molar-refractivity contribution in [3.8, 4) is 0 Å². The second-order valence-electron chi connectivity index (χ2n) is 6.35. The van der Waals surface area contributed by atoms with Crippen LogP contribution in [0.1, 0.15) is 30.1 Å². The normalized spacial score (nSPS) is 26.5. The quantitative estimate of drug-likeness (QED) is 0.870. The van der Waals surface area contributed by atoms with E-state index in [-0.39, 0.29) is 24.2 Å². The largest absolute Gasteiger partial charge is 0.374 e. The van der Waals surface area contributed by atoms with Crippen LogP contribution >= 0.6 is 0 Å². The van der Waals surface area contributed by atoms with E-state index in [2.05, 4.69) is 4.98 Å². The Labute approximate surface area is 141 Å². The van der Waals surface area contributed by atoms with Crippen LogP contribution in [0.3, 0.4) is 0 Å². The SMILES string of the molecule is CCO[C@H]1[C@H]2CC[C@H]1OCCN2C(=O)c1ccnc2ccccc12. The summed E-state index contributed by atoms with van der Waals surface area (Å²) in [4.78, 5) is 19.6. The number of benzene rings is 1. The monoisotopic (exact) mass is 326 g/mol. The number of para-hydroxylation sites is 1. The second kappa shape index (κ2) is 6.49. The molecule has 0 spiro atoms. The number of carbonyl (C=O) groups excluding carboxylic acids is 1. The molecule has 2 aromatic rings. The second-order valence-corrected chi connectivity index (χ2v) is 6.35. The topological polar surface area (TPSA) is 51.7 Å². The number of fused-ring (bicyclic) bond motifs is 3. The van der Waals surface area contributed by atoms with Gasteiger partial charge in [0.1, 0.15) is 6.10 Å². The van der Waals surface area contributed by atoms with Crippen LogP contribution in [-0.2, 0) is 9.47 Å². The van der Waals surface area contributed by atoms with Crippen LogP contribution in [0.2, 0.25) is 0 Å². The minimum atomic E-state index is -0.0189. The molecular formula is C19H22N2O3. The van der Waals surface area contributed by atoms with Crippen LogP contribution in [0, 0.1) is 0 Å². The first-order chi connectivity index (χ1) is 11.8. The van der Waals surface area contributed by atoms with Gasteiger partial charge in [-0.15, -0.1) is 0 Å². The van der Waals surface area contributed by atoms with Crippen molar-refractivity contribution in [1.82, 2.24) is 9.88 Å². The van der Waals surface area contributed by atoms with Gasteiger partial charge in [0.15, 0.2) is 0 Å². The fourth-order valence-electron chi connectivity index (χ4n) is 3.99. The Morgan fingerprint density at radius 2 is 2.21 bits per heavy atom. The Morgan fingerprint density at radius 3 is 3.08 bits per heavy atom. The molecule has 1 aliphatic heterocycles. The molecule has 0 radical (unpaired) electrons. The Kier molecular flexibility index (Phi) is 4.21. The van der Waals surface area contributed by atoms with Gasteiger partial charge in [0.05, 0.1) is 29.8 Å². The number of rotatable bonds is 3. The minimum Gasteiger partial charge on any atom is -0.374 e. The summed E-state index contributed by atoms with van der Waals surface area (Å²) in [6.45, 7) is 3.81. The predicted octanol–water partition coefficient (Wildman–Crippen LogP) is 2.64. The zero-order valence-corrected chi connectivity index (χ0v) is 13.9. The van der Waals surface area contributed by atoms with E-state index in [0.717, 1.165) is 23.7 Å². The van der Waals surface area contributed by atoms with Crippen molar-refractivity contribution in [2.45, 2.75) is 38.0 Å². The van der Waals surface area contributed by atoms with E-state index in [0.29, 0.717) is 25.3 Å².